The summed E-state index contributed by atoms with van der Waals surface area (Å²) in [6.45, 7) is 4.71. The zero-order chi connectivity index (χ0) is 13.4. The maximum atomic E-state index is 12.5. The Hall–Kier alpha value is -2.05. The van der Waals surface area contributed by atoms with Crippen LogP contribution in [0.2, 0.25) is 0 Å². The molecule has 18 heavy (non-hydrogen) atoms. The second-order valence-electron chi connectivity index (χ2n) is 4.03. The van der Waals surface area contributed by atoms with Crippen molar-refractivity contribution in [3.63, 3.8) is 0 Å². The van der Waals surface area contributed by atoms with E-state index in [2.05, 4.69) is 16.5 Å². The van der Waals surface area contributed by atoms with E-state index in [9.17, 15) is 13.6 Å². The first kappa shape index (κ1) is 12.4. The van der Waals surface area contributed by atoms with Gasteiger partial charge in [0.15, 0.2) is 11.5 Å². The third-order valence-electron chi connectivity index (χ3n) is 2.59. The van der Waals surface area contributed by atoms with Crippen molar-refractivity contribution in [2.45, 2.75) is 19.9 Å². The number of allylic oxidation sites excluding steroid dienone is 1. The van der Waals surface area contributed by atoms with E-state index >= 15 is 0 Å². The SMILES string of the molecule is C=C(C)c1ncc2c(n1)n(CC(F)F)c(=O)n2C. The van der Waals surface area contributed by atoms with Gasteiger partial charge in [0.2, 0.25) is 0 Å². The number of nitrogens with zero attached hydrogens (tertiary/aromatic N) is 4. The maximum Gasteiger partial charge on any atom is 0.330 e. The highest BCUT2D eigenvalue weighted by Gasteiger charge is 2.16. The molecular weight excluding hydrogens is 242 g/mol. The normalized spacial score (nSPS) is 11.4. The van der Waals surface area contributed by atoms with Crippen LogP contribution >= 0.6 is 0 Å². The maximum absolute atomic E-state index is 12.5. The molecule has 96 valence electrons. The summed E-state index contributed by atoms with van der Waals surface area (Å²) in [7, 11) is 1.50. The van der Waals surface area contributed by atoms with Crippen molar-refractivity contribution in [1.29, 1.82) is 0 Å². The zero-order valence-electron chi connectivity index (χ0n) is 10.0. The van der Waals surface area contributed by atoms with Gasteiger partial charge in [0, 0.05) is 7.05 Å². The second kappa shape index (κ2) is 4.32. The highest BCUT2D eigenvalue weighted by atomic mass is 19.3. The van der Waals surface area contributed by atoms with Crippen LogP contribution in [0.3, 0.4) is 0 Å². The number of hydrogen-bond donors (Lipinski definition) is 0. The van der Waals surface area contributed by atoms with Gasteiger partial charge in [0.05, 0.1) is 12.7 Å². The molecule has 0 N–H and O–H groups in total. The first-order valence-corrected chi connectivity index (χ1v) is 5.28. The van der Waals surface area contributed by atoms with Gasteiger partial charge in [-0.25, -0.2) is 23.5 Å². The smallest absolute Gasteiger partial charge is 0.292 e. The average molecular weight is 254 g/mol. The van der Waals surface area contributed by atoms with Crippen molar-refractivity contribution < 1.29 is 8.78 Å². The first-order chi connectivity index (χ1) is 8.41. The quantitative estimate of drug-likeness (QED) is 0.832. The summed E-state index contributed by atoms with van der Waals surface area (Å²) in [4.78, 5) is 19.9. The number of imidazole rings is 1. The fourth-order valence-electron chi connectivity index (χ4n) is 1.68. The van der Waals surface area contributed by atoms with Gasteiger partial charge in [-0.05, 0) is 12.5 Å². The molecule has 0 saturated heterocycles. The topological polar surface area (TPSA) is 52.7 Å². The van der Waals surface area contributed by atoms with E-state index < -0.39 is 18.7 Å². The number of aryl methyl sites for hydroxylation is 1. The van der Waals surface area contributed by atoms with E-state index in [4.69, 9.17) is 0 Å². The lowest BCUT2D eigenvalue weighted by atomic mass is 10.3. The Bertz CT molecular complexity index is 671. The molecule has 0 amide bonds. The number of aromatic nitrogens is 4. The summed E-state index contributed by atoms with van der Waals surface area (Å²) in [5.41, 5.74) is 0.705. The number of rotatable bonds is 3. The van der Waals surface area contributed by atoms with Crippen LogP contribution in [0, 0.1) is 0 Å². The van der Waals surface area contributed by atoms with Crippen LogP contribution in [-0.2, 0) is 13.6 Å². The largest absolute Gasteiger partial charge is 0.330 e. The number of fused-ring (bicyclic) bond motifs is 1. The van der Waals surface area contributed by atoms with Crippen molar-refractivity contribution in [2.75, 3.05) is 0 Å². The van der Waals surface area contributed by atoms with Gasteiger partial charge in [-0.1, -0.05) is 6.58 Å². The van der Waals surface area contributed by atoms with Crippen LogP contribution in [0.1, 0.15) is 12.7 Å². The summed E-state index contributed by atoms with van der Waals surface area (Å²) in [5.74, 6) is 0.344. The van der Waals surface area contributed by atoms with E-state index in [1.165, 1.54) is 17.8 Å². The van der Waals surface area contributed by atoms with E-state index in [1.807, 2.05) is 0 Å². The van der Waals surface area contributed by atoms with Gasteiger partial charge in [-0.3, -0.25) is 9.13 Å². The lowest BCUT2D eigenvalue weighted by Gasteiger charge is -2.02. The molecule has 0 bridgehead atoms. The van der Waals surface area contributed by atoms with Crippen LogP contribution in [0.5, 0.6) is 0 Å². The number of alkyl halides is 2. The Balaban J connectivity index is 2.74. The van der Waals surface area contributed by atoms with Crippen LogP contribution < -0.4 is 5.69 Å². The Kier molecular flexibility index (Phi) is 2.98. The predicted molar refractivity (Wildman–Crippen MR) is 63.5 cm³/mol. The van der Waals surface area contributed by atoms with Crippen LogP contribution in [0.4, 0.5) is 8.78 Å². The number of hydrogen-bond acceptors (Lipinski definition) is 3. The summed E-state index contributed by atoms with van der Waals surface area (Å²) >= 11 is 0. The molecular formula is C11H12F2N4O. The molecule has 0 saturated carbocycles. The molecule has 7 heteroatoms. The van der Waals surface area contributed by atoms with Gasteiger partial charge in [-0.2, -0.15) is 0 Å². The van der Waals surface area contributed by atoms with E-state index in [0.29, 0.717) is 16.9 Å². The summed E-state index contributed by atoms with van der Waals surface area (Å²) < 4.78 is 27.1. The third-order valence-corrected chi connectivity index (χ3v) is 2.59. The third kappa shape index (κ3) is 1.92. The molecule has 0 unspecified atom stereocenters. The molecule has 0 fully saturated rings. The van der Waals surface area contributed by atoms with Gasteiger partial charge in [0.1, 0.15) is 5.52 Å². The van der Waals surface area contributed by atoms with E-state index in [1.54, 1.807) is 6.92 Å². The van der Waals surface area contributed by atoms with Gasteiger partial charge in [-0.15, -0.1) is 0 Å². The number of halogens is 2. The molecule has 2 rings (SSSR count). The first-order valence-electron chi connectivity index (χ1n) is 5.28. The molecule has 2 aromatic heterocycles. The Morgan fingerprint density at radius 1 is 1.56 bits per heavy atom. The molecule has 0 aliphatic heterocycles. The molecule has 5 nitrogen and oxygen atoms in total. The highest BCUT2D eigenvalue weighted by Crippen LogP contribution is 2.13. The summed E-state index contributed by atoms with van der Waals surface area (Å²) in [5, 5.41) is 0. The Morgan fingerprint density at radius 3 is 2.78 bits per heavy atom. The molecule has 0 spiro atoms. The van der Waals surface area contributed by atoms with Gasteiger partial charge < -0.3 is 0 Å². The molecule has 0 aliphatic carbocycles. The minimum Gasteiger partial charge on any atom is -0.292 e. The van der Waals surface area contributed by atoms with E-state index in [-0.39, 0.29) is 5.65 Å². The predicted octanol–water partition coefficient (Wildman–Crippen LogP) is 1.43. The molecule has 0 radical (unpaired) electrons. The monoisotopic (exact) mass is 254 g/mol. The average Bonchev–Trinajstić information content (AvgIpc) is 2.53. The Morgan fingerprint density at radius 2 is 2.22 bits per heavy atom. The van der Waals surface area contributed by atoms with E-state index in [0.717, 1.165) is 4.57 Å². The highest BCUT2D eigenvalue weighted by molar-refractivity contribution is 5.72. The minimum absolute atomic E-state index is 0.204. The lowest BCUT2D eigenvalue weighted by Crippen LogP contribution is -2.25. The molecule has 0 atom stereocenters. The van der Waals surface area contributed by atoms with Crippen molar-refractivity contribution in [3.05, 3.63) is 29.1 Å². The Labute approximate surface area is 101 Å². The minimum atomic E-state index is -2.61. The fraction of sp³-hybridized carbons (Fsp3) is 0.364. The van der Waals surface area contributed by atoms with Gasteiger partial charge in [0.25, 0.3) is 6.43 Å². The van der Waals surface area contributed by atoms with Crippen molar-refractivity contribution >= 4 is 16.7 Å². The standard InChI is InChI=1S/C11H12F2N4O/c1-6(2)9-14-4-7-10(15-9)17(5-8(12)13)11(18)16(7)3/h4,8H,1,5H2,2-3H3. The lowest BCUT2D eigenvalue weighted by molar-refractivity contribution is 0.126. The second-order valence-corrected chi connectivity index (χ2v) is 4.03. The fourth-order valence-corrected chi connectivity index (χ4v) is 1.68. The van der Waals surface area contributed by atoms with Crippen molar-refractivity contribution in [3.8, 4) is 0 Å². The van der Waals surface area contributed by atoms with Crippen molar-refractivity contribution in [2.24, 2.45) is 7.05 Å². The molecule has 2 aromatic rings. The molecule has 0 aromatic carbocycles. The van der Waals surface area contributed by atoms with Gasteiger partial charge >= 0.3 is 5.69 Å². The zero-order valence-corrected chi connectivity index (χ0v) is 10.0. The van der Waals surface area contributed by atoms with Crippen LogP contribution in [0.25, 0.3) is 16.7 Å². The summed E-state index contributed by atoms with van der Waals surface area (Å²) in [6.07, 6.45) is -1.17. The molecule has 2 heterocycles. The van der Waals surface area contributed by atoms with Crippen molar-refractivity contribution in [1.82, 2.24) is 19.1 Å². The molecule has 0 aliphatic rings. The summed E-state index contributed by atoms with van der Waals surface area (Å²) in [6, 6.07) is 0. The van der Waals surface area contributed by atoms with Crippen LogP contribution in [-0.4, -0.2) is 25.5 Å². The van der Waals surface area contributed by atoms with Crippen LogP contribution in [0.15, 0.2) is 17.6 Å².